The lowest BCUT2D eigenvalue weighted by atomic mass is 10.3. The first kappa shape index (κ1) is 9.30. The van der Waals surface area contributed by atoms with E-state index in [0.717, 1.165) is 26.0 Å². The van der Waals surface area contributed by atoms with Crippen LogP contribution in [0.1, 0.15) is 12.8 Å². The van der Waals surface area contributed by atoms with Gasteiger partial charge in [0.2, 0.25) is 0 Å². The van der Waals surface area contributed by atoms with Crippen molar-refractivity contribution in [3.63, 3.8) is 0 Å². The van der Waals surface area contributed by atoms with Crippen LogP contribution in [-0.4, -0.2) is 20.3 Å². The SMILES string of the molecule is COCCCCN/C=C\N. The van der Waals surface area contributed by atoms with Crippen molar-refractivity contribution in [2.75, 3.05) is 20.3 Å². The zero-order valence-corrected chi connectivity index (χ0v) is 6.47. The van der Waals surface area contributed by atoms with Gasteiger partial charge in [-0.25, -0.2) is 0 Å². The van der Waals surface area contributed by atoms with Crippen LogP contribution in [0.15, 0.2) is 12.4 Å². The molecule has 0 aliphatic carbocycles. The van der Waals surface area contributed by atoms with Gasteiger partial charge in [-0.1, -0.05) is 0 Å². The van der Waals surface area contributed by atoms with Crippen molar-refractivity contribution in [3.8, 4) is 0 Å². The highest BCUT2D eigenvalue weighted by Crippen LogP contribution is 1.85. The van der Waals surface area contributed by atoms with Gasteiger partial charge in [-0.05, 0) is 12.8 Å². The Kier molecular flexibility index (Phi) is 7.72. The zero-order chi connectivity index (χ0) is 7.66. The molecular formula is C7H16N2O. The summed E-state index contributed by atoms with van der Waals surface area (Å²) < 4.78 is 4.88. The number of unbranched alkanes of at least 4 members (excludes halogenated alkanes) is 1. The lowest BCUT2D eigenvalue weighted by molar-refractivity contribution is 0.193. The fraction of sp³-hybridized carbons (Fsp3) is 0.714. The number of nitrogens with two attached hydrogens (primary N) is 1. The molecule has 0 aliphatic heterocycles. The van der Waals surface area contributed by atoms with Gasteiger partial charge in [-0.15, -0.1) is 0 Å². The van der Waals surface area contributed by atoms with Crippen molar-refractivity contribution in [2.24, 2.45) is 5.73 Å². The lowest BCUT2D eigenvalue weighted by Gasteiger charge is -1.98. The maximum atomic E-state index is 5.10. The van der Waals surface area contributed by atoms with Gasteiger partial charge in [-0.3, -0.25) is 0 Å². The number of hydrogen-bond acceptors (Lipinski definition) is 3. The Morgan fingerprint density at radius 2 is 2.30 bits per heavy atom. The van der Waals surface area contributed by atoms with Gasteiger partial charge < -0.3 is 15.8 Å². The molecule has 0 spiro atoms. The average molecular weight is 144 g/mol. The Bertz CT molecular complexity index is 83.7. The normalized spacial score (nSPS) is 10.5. The smallest absolute Gasteiger partial charge is 0.0462 e. The Morgan fingerprint density at radius 3 is 2.90 bits per heavy atom. The van der Waals surface area contributed by atoms with E-state index in [1.807, 2.05) is 0 Å². The van der Waals surface area contributed by atoms with Gasteiger partial charge in [0.05, 0.1) is 0 Å². The standard InChI is InChI=1S/C7H16N2O/c1-10-7-3-2-5-9-6-4-8/h4,6,9H,2-3,5,7-8H2,1H3/b6-4-. The molecule has 0 aliphatic rings. The summed E-state index contributed by atoms with van der Waals surface area (Å²) in [7, 11) is 1.72. The third kappa shape index (κ3) is 7.30. The van der Waals surface area contributed by atoms with Crippen molar-refractivity contribution in [1.82, 2.24) is 5.32 Å². The first-order valence-corrected chi connectivity index (χ1v) is 3.51. The van der Waals surface area contributed by atoms with Crippen LogP contribution in [0, 0.1) is 0 Å². The van der Waals surface area contributed by atoms with Gasteiger partial charge in [0, 0.05) is 32.7 Å². The molecular weight excluding hydrogens is 128 g/mol. The van der Waals surface area contributed by atoms with E-state index in [1.165, 1.54) is 6.20 Å². The first-order chi connectivity index (χ1) is 4.91. The number of ether oxygens (including phenoxy) is 1. The third-order valence-corrected chi connectivity index (χ3v) is 1.13. The monoisotopic (exact) mass is 144 g/mol. The van der Waals surface area contributed by atoms with Crippen LogP contribution >= 0.6 is 0 Å². The highest BCUT2D eigenvalue weighted by molar-refractivity contribution is 4.71. The summed E-state index contributed by atoms with van der Waals surface area (Å²) in [4.78, 5) is 0. The van der Waals surface area contributed by atoms with Crippen LogP contribution in [0.2, 0.25) is 0 Å². The van der Waals surface area contributed by atoms with E-state index in [-0.39, 0.29) is 0 Å². The molecule has 3 N–H and O–H groups in total. The molecule has 0 rings (SSSR count). The molecule has 3 nitrogen and oxygen atoms in total. The second-order valence-corrected chi connectivity index (χ2v) is 2.01. The van der Waals surface area contributed by atoms with Crippen LogP contribution < -0.4 is 11.1 Å². The molecule has 0 fully saturated rings. The van der Waals surface area contributed by atoms with Crippen molar-refractivity contribution in [1.29, 1.82) is 0 Å². The molecule has 0 aromatic rings. The Hall–Kier alpha value is -0.700. The molecule has 10 heavy (non-hydrogen) atoms. The predicted molar refractivity (Wildman–Crippen MR) is 42.4 cm³/mol. The van der Waals surface area contributed by atoms with Crippen molar-refractivity contribution < 1.29 is 4.74 Å². The second kappa shape index (κ2) is 8.30. The molecule has 0 aromatic carbocycles. The van der Waals surface area contributed by atoms with Crippen LogP contribution in [0.3, 0.4) is 0 Å². The largest absolute Gasteiger partial charge is 0.403 e. The molecule has 0 bridgehead atoms. The summed E-state index contributed by atoms with van der Waals surface area (Å²) >= 11 is 0. The fourth-order valence-corrected chi connectivity index (χ4v) is 0.625. The number of hydrogen-bond donors (Lipinski definition) is 2. The number of rotatable bonds is 6. The van der Waals surface area contributed by atoms with E-state index >= 15 is 0 Å². The zero-order valence-electron chi connectivity index (χ0n) is 6.47. The summed E-state index contributed by atoms with van der Waals surface area (Å²) in [5.74, 6) is 0. The molecule has 60 valence electrons. The molecule has 0 unspecified atom stereocenters. The summed E-state index contributed by atoms with van der Waals surface area (Å²) in [6, 6.07) is 0. The minimum atomic E-state index is 0.841. The highest BCUT2D eigenvalue weighted by Gasteiger charge is 1.83. The highest BCUT2D eigenvalue weighted by atomic mass is 16.5. The van der Waals surface area contributed by atoms with Gasteiger partial charge in [-0.2, -0.15) is 0 Å². The molecule has 0 saturated heterocycles. The van der Waals surface area contributed by atoms with Crippen LogP contribution in [0.4, 0.5) is 0 Å². The molecule has 0 aromatic heterocycles. The number of nitrogens with one attached hydrogen (secondary N) is 1. The predicted octanol–water partition coefficient (Wildman–Crippen LogP) is 0.433. The quantitative estimate of drug-likeness (QED) is 0.531. The average Bonchev–Trinajstić information content (AvgIpc) is 1.97. The minimum Gasteiger partial charge on any atom is -0.403 e. The van der Waals surface area contributed by atoms with Gasteiger partial charge in [0.25, 0.3) is 0 Å². The lowest BCUT2D eigenvalue weighted by Crippen LogP contribution is -2.08. The van der Waals surface area contributed by atoms with E-state index < -0.39 is 0 Å². The maximum Gasteiger partial charge on any atom is 0.0462 e. The van der Waals surface area contributed by atoms with Crippen molar-refractivity contribution in [2.45, 2.75) is 12.8 Å². The molecule has 0 saturated carbocycles. The topological polar surface area (TPSA) is 47.3 Å². The van der Waals surface area contributed by atoms with E-state index in [4.69, 9.17) is 10.5 Å². The van der Waals surface area contributed by atoms with Crippen LogP contribution in [0.5, 0.6) is 0 Å². The molecule has 0 amide bonds. The van der Waals surface area contributed by atoms with Gasteiger partial charge >= 0.3 is 0 Å². The summed E-state index contributed by atoms with van der Waals surface area (Å²) in [6.45, 7) is 1.81. The fourth-order valence-electron chi connectivity index (χ4n) is 0.625. The first-order valence-electron chi connectivity index (χ1n) is 3.51. The second-order valence-electron chi connectivity index (χ2n) is 2.01. The maximum absolute atomic E-state index is 5.10. The Morgan fingerprint density at radius 1 is 1.50 bits per heavy atom. The number of methoxy groups -OCH3 is 1. The van der Waals surface area contributed by atoms with E-state index in [0.29, 0.717) is 0 Å². The van der Waals surface area contributed by atoms with Crippen LogP contribution in [0.25, 0.3) is 0 Å². The molecule has 3 heteroatoms. The van der Waals surface area contributed by atoms with E-state index in [9.17, 15) is 0 Å². The third-order valence-electron chi connectivity index (χ3n) is 1.13. The van der Waals surface area contributed by atoms with Crippen LogP contribution in [-0.2, 0) is 4.74 Å². The molecule has 0 radical (unpaired) electrons. The molecule has 0 heterocycles. The van der Waals surface area contributed by atoms with E-state index in [1.54, 1.807) is 13.3 Å². The minimum absolute atomic E-state index is 0.841. The van der Waals surface area contributed by atoms with Gasteiger partial charge in [0.1, 0.15) is 0 Å². The summed E-state index contributed by atoms with van der Waals surface area (Å²) in [5.41, 5.74) is 5.10. The Balaban J connectivity index is 2.77. The summed E-state index contributed by atoms with van der Waals surface area (Å²) in [5, 5.41) is 3.03. The van der Waals surface area contributed by atoms with Gasteiger partial charge in [0.15, 0.2) is 0 Å². The summed E-state index contributed by atoms with van der Waals surface area (Å²) in [6.07, 6.45) is 5.46. The molecule has 0 atom stereocenters. The van der Waals surface area contributed by atoms with Crippen molar-refractivity contribution >= 4 is 0 Å². The van der Waals surface area contributed by atoms with E-state index in [2.05, 4.69) is 5.32 Å². The Labute approximate surface area is 62.2 Å². The van der Waals surface area contributed by atoms with Crippen molar-refractivity contribution in [3.05, 3.63) is 12.4 Å².